The van der Waals surface area contributed by atoms with Crippen LogP contribution in [0.1, 0.15) is 11.5 Å². The maximum Gasteiger partial charge on any atom is 0.297 e. The lowest BCUT2D eigenvalue weighted by Crippen LogP contribution is -2.30. The Labute approximate surface area is 192 Å². The molecule has 0 saturated heterocycles. The number of rotatable bonds is 3. The zero-order valence-corrected chi connectivity index (χ0v) is 18.9. The molecule has 0 amide bonds. The minimum Gasteiger partial charge on any atom is -0.441 e. The first-order chi connectivity index (χ1) is 16.1. The third kappa shape index (κ3) is 3.06. The van der Waals surface area contributed by atoms with Crippen LogP contribution in [0.4, 0.5) is 0 Å². The molecule has 4 aromatic carbocycles. The largest absolute Gasteiger partial charge is 0.441 e. The number of fused-ring (bicyclic) bond motifs is 2. The Morgan fingerprint density at radius 2 is 1.45 bits per heavy atom. The number of oxazole rings is 1. The number of nitrogens with zero attached hydrogens (tertiary/aromatic N) is 3. The number of aryl methyl sites for hydroxylation is 3. The lowest BCUT2D eigenvalue weighted by atomic mass is 10.0. The van der Waals surface area contributed by atoms with Gasteiger partial charge in [-0.15, -0.1) is 0 Å². The van der Waals surface area contributed by atoms with Crippen LogP contribution in [0.25, 0.3) is 50.3 Å². The molecule has 0 aliphatic carbocycles. The molecule has 0 radical (unpaired) electrons. The second-order valence-electron chi connectivity index (χ2n) is 8.46. The summed E-state index contributed by atoms with van der Waals surface area (Å²) in [5.74, 6) is 1.76. The van der Waals surface area contributed by atoms with Crippen molar-refractivity contribution >= 4 is 22.1 Å². The second-order valence-corrected chi connectivity index (χ2v) is 8.46. The van der Waals surface area contributed by atoms with Gasteiger partial charge in [0, 0.05) is 6.92 Å². The van der Waals surface area contributed by atoms with Crippen molar-refractivity contribution in [2.75, 3.05) is 0 Å². The average molecular weight is 431 g/mol. The van der Waals surface area contributed by atoms with E-state index in [2.05, 4.69) is 102 Å². The van der Waals surface area contributed by atoms with Crippen molar-refractivity contribution < 1.29 is 8.98 Å². The predicted molar refractivity (Wildman–Crippen MR) is 132 cm³/mol. The standard InChI is InChI=1S/C29H24N3O/c1-19-13-18-26-28(30-20(2)33-26)27(19)29-31(3)24-11-7-8-12-25(24)32(29)23-16-14-22(15-17-23)21-9-5-4-6-10-21/h4-18H,1-3H3/q+1. The quantitative estimate of drug-likeness (QED) is 0.299. The predicted octanol–water partition coefficient (Wildman–Crippen LogP) is 6.55. The molecule has 2 aromatic heterocycles. The maximum atomic E-state index is 5.88. The average Bonchev–Trinajstić information content (AvgIpc) is 3.37. The number of imidazole rings is 1. The van der Waals surface area contributed by atoms with Crippen LogP contribution < -0.4 is 4.57 Å². The molecule has 4 heteroatoms. The maximum absolute atomic E-state index is 5.88. The van der Waals surface area contributed by atoms with Crippen molar-refractivity contribution in [1.82, 2.24) is 9.55 Å². The van der Waals surface area contributed by atoms with E-state index in [9.17, 15) is 0 Å². The van der Waals surface area contributed by atoms with Gasteiger partial charge in [0.1, 0.15) is 11.2 Å². The van der Waals surface area contributed by atoms with E-state index in [4.69, 9.17) is 9.40 Å². The molecule has 0 aliphatic heterocycles. The van der Waals surface area contributed by atoms with Crippen LogP contribution in [0, 0.1) is 13.8 Å². The Balaban J connectivity index is 1.65. The monoisotopic (exact) mass is 430 g/mol. The number of aromatic nitrogens is 3. The van der Waals surface area contributed by atoms with Crippen LogP contribution in [0.5, 0.6) is 0 Å². The lowest BCUT2D eigenvalue weighted by molar-refractivity contribution is -0.633. The van der Waals surface area contributed by atoms with E-state index in [1.165, 1.54) is 11.1 Å². The van der Waals surface area contributed by atoms with Crippen LogP contribution in [0.3, 0.4) is 0 Å². The minimum atomic E-state index is 0.675. The fraction of sp³-hybridized carbons (Fsp3) is 0.103. The van der Waals surface area contributed by atoms with Gasteiger partial charge in [-0.3, -0.25) is 0 Å². The van der Waals surface area contributed by atoms with E-state index in [1.807, 2.05) is 19.1 Å². The summed E-state index contributed by atoms with van der Waals surface area (Å²) < 4.78 is 10.5. The van der Waals surface area contributed by atoms with Crippen molar-refractivity contribution in [2.24, 2.45) is 7.05 Å². The van der Waals surface area contributed by atoms with Crippen molar-refractivity contribution in [3.05, 3.63) is 102 Å². The first-order valence-corrected chi connectivity index (χ1v) is 11.1. The number of hydrogen-bond acceptors (Lipinski definition) is 2. The molecule has 0 spiro atoms. The minimum absolute atomic E-state index is 0.675. The van der Waals surface area contributed by atoms with Crippen LogP contribution in [0.15, 0.2) is 95.4 Å². The van der Waals surface area contributed by atoms with E-state index in [0.717, 1.165) is 44.8 Å². The van der Waals surface area contributed by atoms with Crippen LogP contribution >= 0.6 is 0 Å². The van der Waals surface area contributed by atoms with E-state index in [1.54, 1.807) is 0 Å². The summed E-state index contributed by atoms with van der Waals surface area (Å²) in [6.45, 7) is 4.04. The van der Waals surface area contributed by atoms with Gasteiger partial charge < -0.3 is 4.42 Å². The fourth-order valence-electron chi connectivity index (χ4n) is 4.78. The highest BCUT2D eigenvalue weighted by Gasteiger charge is 2.29. The van der Waals surface area contributed by atoms with Gasteiger partial charge in [0.2, 0.25) is 0 Å². The number of para-hydroxylation sites is 2. The van der Waals surface area contributed by atoms with Crippen molar-refractivity contribution in [3.8, 4) is 28.2 Å². The number of hydrogen-bond donors (Lipinski definition) is 0. The first kappa shape index (κ1) is 19.5. The molecular weight excluding hydrogens is 406 g/mol. The molecule has 0 fully saturated rings. The molecule has 4 nitrogen and oxygen atoms in total. The normalized spacial score (nSPS) is 11.5. The van der Waals surface area contributed by atoms with E-state index in [-0.39, 0.29) is 0 Å². The second kappa shape index (κ2) is 7.45. The Kier molecular flexibility index (Phi) is 4.40. The molecular formula is C29H24N3O+. The Bertz CT molecular complexity index is 1620. The third-order valence-corrected chi connectivity index (χ3v) is 6.35. The van der Waals surface area contributed by atoms with Gasteiger partial charge in [0.25, 0.3) is 5.82 Å². The zero-order valence-electron chi connectivity index (χ0n) is 18.9. The highest BCUT2D eigenvalue weighted by Crippen LogP contribution is 2.34. The van der Waals surface area contributed by atoms with E-state index >= 15 is 0 Å². The topological polar surface area (TPSA) is 34.8 Å². The zero-order chi connectivity index (χ0) is 22.5. The molecule has 160 valence electrons. The van der Waals surface area contributed by atoms with Crippen LogP contribution in [-0.4, -0.2) is 9.55 Å². The van der Waals surface area contributed by atoms with Gasteiger partial charge in [-0.1, -0.05) is 60.7 Å². The lowest BCUT2D eigenvalue weighted by Gasteiger charge is -2.08. The smallest absolute Gasteiger partial charge is 0.297 e. The molecule has 0 atom stereocenters. The van der Waals surface area contributed by atoms with Gasteiger partial charge in [0.15, 0.2) is 22.5 Å². The van der Waals surface area contributed by atoms with Gasteiger partial charge in [-0.05, 0) is 53.9 Å². The molecule has 6 aromatic rings. The molecule has 0 bridgehead atoms. The van der Waals surface area contributed by atoms with Gasteiger partial charge in [-0.25, -0.2) is 9.55 Å². The van der Waals surface area contributed by atoms with E-state index < -0.39 is 0 Å². The highest BCUT2D eigenvalue weighted by atomic mass is 16.3. The summed E-state index contributed by atoms with van der Waals surface area (Å²) in [6.07, 6.45) is 0. The third-order valence-electron chi connectivity index (χ3n) is 6.35. The van der Waals surface area contributed by atoms with Crippen molar-refractivity contribution in [3.63, 3.8) is 0 Å². The van der Waals surface area contributed by atoms with Crippen molar-refractivity contribution in [2.45, 2.75) is 13.8 Å². The Morgan fingerprint density at radius 3 is 2.24 bits per heavy atom. The summed E-state index contributed by atoms with van der Waals surface area (Å²) in [5, 5.41) is 0. The van der Waals surface area contributed by atoms with Crippen molar-refractivity contribution in [1.29, 1.82) is 0 Å². The number of benzene rings is 4. The Morgan fingerprint density at radius 1 is 0.758 bits per heavy atom. The summed E-state index contributed by atoms with van der Waals surface area (Å²) in [4.78, 5) is 4.76. The SMILES string of the molecule is Cc1nc2c(-c3n(-c4ccc(-c5ccccc5)cc4)c4ccccc4[n+]3C)c(C)ccc2o1. The van der Waals surface area contributed by atoms with Gasteiger partial charge in [-0.2, -0.15) is 4.57 Å². The summed E-state index contributed by atoms with van der Waals surface area (Å²) in [5.41, 5.74) is 9.80. The Hall–Kier alpha value is -4.18. The summed E-state index contributed by atoms with van der Waals surface area (Å²) >= 11 is 0. The molecule has 6 rings (SSSR count). The van der Waals surface area contributed by atoms with Crippen LogP contribution in [0.2, 0.25) is 0 Å². The highest BCUT2D eigenvalue weighted by molar-refractivity contribution is 5.92. The molecule has 0 aliphatic rings. The molecule has 2 heterocycles. The molecule has 0 saturated carbocycles. The summed E-state index contributed by atoms with van der Waals surface area (Å²) in [6, 6.07) is 31.9. The molecule has 33 heavy (non-hydrogen) atoms. The summed E-state index contributed by atoms with van der Waals surface area (Å²) in [7, 11) is 2.12. The fourth-order valence-corrected chi connectivity index (χ4v) is 4.78. The van der Waals surface area contributed by atoms with E-state index in [0.29, 0.717) is 5.89 Å². The van der Waals surface area contributed by atoms with Gasteiger partial charge >= 0.3 is 0 Å². The van der Waals surface area contributed by atoms with Gasteiger partial charge in [0.05, 0.1) is 12.6 Å². The molecule has 0 unspecified atom stereocenters. The van der Waals surface area contributed by atoms with Crippen LogP contribution in [-0.2, 0) is 7.05 Å². The molecule has 0 N–H and O–H groups in total. The first-order valence-electron chi connectivity index (χ1n) is 11.1.